The van der Waals surface area contributed by atoms with Crippen LogP contribution in [0.4, 0.5) is 0 Å². The van der Waals surface area contributed by atoms with E-state index in [1.807, 2.05) is 0 Å². The summed E-state index contributed by atoms with van der Waals surface area (Å²) in [7, 11) is 0. The summed E-state index contributed by atoms with van der Waals surface area (Å²) in [6.07, 6.45) is 40.4. The van der Waals surface area contributed by atoms with Gasteiger partial charge in [-0.1, -0.05) is 110 Å². The van der Waals surface area contributed by atoms with Crippen LogP contribution in [0.15, 0.2) is 12.4 Å². The molecule has 0 aromatic carbocycles. The summed E-state index contributed by atoms with van der Waals surface area (Å²) in [6.45, 7) is 4.63. The van der Waals surface area contributed by atoms with Crippen LogP contribution in [0.5, 0.6) is 0 Å². The van der Waals surface area contributed by atoms with E-state index in [-0.39, 0.29) is 0 Å². The Labute approximate surface area is 243 Å². The van der Waals surface area contributed by atoms with Crippen LogP contribution in [-0.4, -0.2) is 9.97 Å². The minimum atomic E-state index is 0.614. The van der Waals surface area contributed by atoms with Crippen molar-refractivity contribution in [1.29, 1.82) is 0 Å². The molecule has 0 unspecified atom stereocenters. The molecule has 39 heavy (non-hydrogen) atoms. The maximum Gasteiger partial charge on any atom is 0.131 e. The van der Waals surface area contributed by atoms with Crippen LogP contribution in [0.3, 0.4) is 0 Å². The third kappa shape index (κ3) is 10.5. The first-order chi connectivity index (χ1) is 19.3. The second-order valence-corrected chi connectivity index (χ2v) is 14.2. The summed E-state index contributed by atoms with van der Waals surface area (Å²) in [5, 5.41) is 0. The predicted octanol–water partition coefficient (Wildman–Crippen LogP) is 11.9. The van der Waals surface area contributed by atoms with Gasteiger partial charge < -0.3 is 0 Å². The highest BCUT2D eigenvalue weighted by molar-refractivity contribution is 5.14. The van der Waals surface area contributed by atoms with Crippen molar-refractivity contribution in [2.75, 3.05) is 0 Å². The SMILES string of the molecule is CCCCCCCCCCC1CCC(C2CCC(c3cnc(C4CCC(CCCCC)CC4)nc3)CC2)CC1. The first-order valence-electron chi connectivity index (χ1n) is 18.1. The van der Waals surface area contributed by atoms with Gasteiger partial charge in [-0.3, -0.25) is 0 Å². The van der Waals surface area contributed by atoms with E-state index in [9.17, 15) is 0 Å². The van der Waals surface area contributed by atoms with Crippen LogP contribution in [0.1, 0.15) is 198 Å². The van der Waals surface area contributed by atoms with Gasteiger partial charge in [0.2, 0.25) is 0 Å². The molecule has 3 aliphatic rings. The van der Waals surface area contributed by atoms with Crippen molar-refractivity contribution in [2.24, 2.45) is 23.7 Å². The molecule has 0 aliphatic heterocycles. The van der Waals surface area contributed by atoms with E-state index < -0.39 is 0 Å². The smallest absolute Gasteiger partial charge is 0.131 e. The van der Waals surface area contributed by atoms with Gasteiger partial charge >= 0.3 is 0 Å². The van der Waals surface area contributed by atoms with Gasteiger partial charge in [0, 0.05) is 18.3 Å². The van der Waals surface area contributed by atoms with Crippen LogP contribution in [0, 0.1) is 23.7 Å². The van der Waals surface area contributed by atoms with Gasteiger partial charge in [0.05, 0.1) is 0 Å². The Morgan fingerprint density at radius 2 is 0.897 bits per heavy atom. The minimum absolute atomic E-state index is 0.614. The Bertz CT molecular complexity index is 733. The molecule has 2 nitrogen and oxygen atoms in total. The van der Waals surface area contributed by atoms with E-state index in [1.54, 1.807) is 0 Å². The summed E-state index contributed by atoms with van der Waals surface area (Å²) in [5.74, 6) is 6.50. The standard InChI is InChI=1S/C37H64N2/c1-3-5-7-8-9-10-11-13-15-31-16-20-32(21-17-31)33-24-26-34(27-25-33)36-28-38-37(39-29-36)35-22-18-30(19-23-35)14-12-6-4-2/h28-35H,3-27H2,1-2H3. The second kappa shape index (κ2) is 17.8. The molecular formula is C37H64N2. The second-order valence-electron chi connectivity index (χ2n) is 14.2. The maximum absolute atomic E-state index is 4.94. The van der Waals surface area contributed by atoms with Gasteiger partial charge in [0.25, 0.3) is 0 Å². The van der Waals surface area contributed by atoms with Crippen LogP contribution < -0.4 is 0 Å². The predicted molar refractivity (Wildman–Crippen MR) is 168 cm³/mol. The lowest BCUT2D eigenvalue weighted by Gasteiger charge is -2.38. The van der Waals surface area contributed by atoms with Gasteiger partial charge in [0.15, 0.2) is 0 Å². The van der Waals surface area contributed by atoms with Crippen LogP contribution in [-0.2, 0) is 0 Å². The zero-order chi connectivity index (χ0) is 27.1. The van der Waals surface area contributed by atoms with Crippen LogP contribution >= 0.6 is 0 Å². The van der Waals surface area contributed by atoms with E-state index in [4.69, 9.17) is 9.97 Å². The van der Waals surface area contributed by atoms with Crippen molar-refractivity contribution < 1.29 is 0 Å². The van der Waals surface area contributed by atoms with Crippen molar-refractivity contribution in [3.63, 3.8) is 0 Å². The zero-order valence-corrected chi connectivity index (χ0v) is 26.2. The highest BCUT2D eigenvalue weighted by atomic mass is 14.9. The van der Waals surface area contributed by atoms with Crippen LogP contribution in [0.25, 0.3) is 0 Å². The molecule has 0 amide bonds. The van der Waals surface area contributed by atoms with E-state index in [0.29, 0.717) is 11.8 Å². The fourth-order valence-electron chi connectivity index (χ4n) is 8.60. The normalized spacial score (nSPS) is 29.9. The highest BCUT2D eigenvalue weighted by Crippen LogP contribution is 2.44. The third-order valence-corrected chi connectivity index (χ3v) is 11.4. The largest absolute Gasteiger partial charge is 0.241 e. The number of rotatable bonds is 16. The first kappa shape index (κ1) is 31.0. The van der Waals surface area contributed by atoms with E-state index in [1.165, 1.54) is 166 Å². The molecule has 3 fully saturated rings. The highest BCUT2D eigenvalue weighted by Gasteiger charge is 2.31. The molecule has 2 heteroatoms. The molecule has 1 aromatic rings. The van der Waals surface area contributed by atoms with Gasteiger partial charge in [-0.05, 0) is 99.4 Å². The molecular weight excluding hydrogens is 472 g/mol. The summed E-state index contributed by atoms with van der Waals surface area (Å²) < 4.78 is 0. The number of hydrogen-bond donors (Lipinski definition) is 0. The molecule has 3 saturated carbocycles. The van der Waals surface area contributed by atoms with Gasteiger partial charge in [0.1, 0.15) is 5.82 Å². The lowest BCUT2D eigenvalue weighted by molar-refractivity contribution is 0.155. The molecule has 0 bridgehead atoms. The first-order valence-corrected chi connectivity index (χ1v) is 18.1. The van der Waals surface area contributed by atoms with Crippen molar-refractivity contribution in [3.05, 3.63) is 23.8 Å². The Kier molecular flexibility index (Phi) is 14.2. The zero-order valence-electron chi connectivity index (χ0n) is 26.2. The van der Waals surface area contributed by atoms with E-state index in [0.717, 1.165) is 29.5 Å². The molecule has 0 atom stereocenters. The fraction of sp³-hybridized carbons (Fsp3) is 0.892. The average molecular weight is 537 g/mol. The maximum atomic E-state index is 4.94. The van der Waals surface area contributed by atoms with E-state index in [2.05, 4.69) is 26.2 Å². The van der Waals surface area contributed by atoms with Gasteiger partial charge in [-0.2, -0.15) is 0 Å². The number of aromatic nitrogens is 2. The monoisotopic (exact) mass is 537 g/mol. The topological polar surface area (TPSA) is 25.8 Å². The fourth-order valence-corrected chi connectivity index (χ4v) is 8.60. The van der Waals surface area contributed by atoms with Crippen molar-refractivity contribution in [2.45, 2.75) is 186 Å². The molecule has 1 aromatic heterocycles. The lowest BCUT2D eigenvalue weighted by atomic mass is 9.68. The summed E-state index contributed by atoms with van der Waals surface area (Å²) in [4.78, 5) is 9.87. The van der Waals surface area contributed by atoms with Crippen LogP contribution in [0.2, 0.25) is 0 Å². The average Bonchev–Trinajstić information content (AvgIpc) is 3.00. The molecule has 222 valence electrons. The number of hydrogen-bond acceptors (Lipinski definition) is 2. The summed E-state index contributed by atoms with van der Waals surface area (Å²) in [5.41, 5.74) is 1.43. The Hall–Kier alpha value is -0.920. The van der Waals surface area contributed by atoms with E-state index >= 15 is 0 Å². The molecule has 0 spiro atoms. The molecule has 0 N–H and O–H groups in total. The third-order valence-electron chi connectivity index (χ3n) is 11.4. The van der Waals surface area contributed by atoms with Gasteiger partial charge in [-0.15, -0.1) is 0 Å². The quantitative estimate of drug-likeness (QED) is 0.196. The molecule has 1 heterocycles. The lowest BCUT2D eigenvalue weighted by Crippen LogP contribution is -2.25. The molecule has 0 saturated heterocycles. The number of unbranched alkanes of at least 4 members (excludes halogenated alkanes) is 9. The van der Waals surface area contributed by atoms with Crippen molar-refractivity contribution >= 4 is 0 Å². The Morgan fingerprint density at radius 3 is 1.46 bits per heavy atom. The van der Waals surface area contributed by atoms with Gasteiger partial charge in [-0.25, -0.2) is 9.97 Å². The van der Waals surface area contributed by atoms with Crippen molar-refractivity contribution in [1.82, 2.24) is 9.97 Å². The summed E-state index contributed by atoms with van der Waals surface area (Å²) >= 11 is 0. The number of nitrogens with zero attached hydrogens (tertiary/aromatic N) is 2. The summed E-state index contributed by atoms with van der Waals surface area (Å²) in [6, 6.07) is 0. The Morgan fingerprint density at radius 1 is 0.487 bits per heavy atom. The molecule has 3 aliphatic carbocycles. The molecule has 4 rings (SSSR count). The Balaban J connectivity index is 1.08. The van der Waals surface area contributed by atoms with Crippen molar-refractivity contribution in [3.8, 4) is 0 Å². The minimum Gasteiger partial charge on any atom is -0.241 e. The molecule has 0 radical (unpaired) electrons.